The maximum absolute atomic E-state index is 12.1. The monoisotopic (exact) mass is 280 g/mol. The summed E-state index contributed by atoms with van der Waals surface area (Å²) in [6.07, 6.45) is 0. The number of benzene rings is 2. The van der Waals surface area contributed by atoms with Crippen LogP contribution in [0, 0.1) is 0 Å². The van der Waals surface area contributed by atoms with E-state index in [1.807, 2.05) is 6.07 Å². The largest absolute Gasteiger partial charge is 0.451 e. The van der Waals surface area contributed by atoms with E-state index in [0.717, 1.165) is 0 Å². The van der Waals surface area contributed by atoms with Gasteiger partial charge in [-0.05, 0) is 35.3 Å². The first-order valence-corrected chi connectivity index (χ1v) is 6.07. The number of carbonyl (C=O) groups is 1. The Balaban J connectivity index is 2.19. The average Bonchev–Trinajstić information content (AvgIpc) is 2.39. The summed E-state index contributed by atoms with van der Waals surface area (Å²) in [5, 5.41) is 0. The van der Waals surface area contributed by atoms with Gasteiger partial charge < -0.3 is 4.74 Å². The molecule has 0 fully saturated rings. The lowest BCUT2D eigenvalue weighted by Gasteiger charge is -2.19. The van der Waals surface area contributed by atoms with E-state index < -0.39 is 10.3 Å². The second-order valence-electron chi connectivity index (χ2n) is 3.63. The molecule has 0 atom stereocenters. The van der Waals surface area contributed by atoms with Crippen molar-refractivity contribution in [2.24, 2.45) is 0 Å². The minimum Gasteiger partial charge on any atom is -0.451 e. The molecule has 0 aliphatic heterocycles. The Morgan fingerprint density at radius 2 is 1.39 bits per heavy atom. The molecule has 0 aromatic heterocycles. The molecule has 2 nitrogen and oxygen atoms in total. The van der Waals surface area contributed by atoms with Crippen molar-refractivity contribution in [2.75, 3.05) is 0 Å². The molecule has 0 aliphatic carbocycles. The summed E-state index contributed by atoms with van der Waals surface area (Å²) in [6, 6.07) is 17.3. The normalized spacial score (nSPS) is 11.0. The molecule has 2 rings (SSSR count). The van der Waals surface area contributed by atoms with Crippen LogP contribution in [-0.4, -0.2) is 10.3 Å². The highest BCUT2D eigenvalue weighted by atomic mass is 35.5. The number of hydrogen-bond acceptors (Lipinski definition) is 2. The Kier molecular flexibility index (Phi) is 3.90. The molecule has 0 aliphatic rings. The van der Waals surface area contributed by atoms with Crippen LogP contribution >= 0.6 is 23.2 Å². The maximum Gasteiger partial charge on any atom is 0.323 e. The number of para-hydroxylation sites is 1. The summed E-state index contributed by atoms with van der Waals surface area (Å²) in [7, 11) is 0. The Hall–Kier alpha value is -1.51. The molecule has 0 spiro atoms. The standard InChI is InChI=1S/C14H10Cl2O2/c15-14(16,18-12-9-5-2-6-10-12)13(17)11-7-3-1-4-8-11/h1-10H. The molecule has 18 heavy (non-hydrogen) atoms. The van der Waals surface area contributed by atoms with Crippen molar-refractivity contribution in [3.05, 3.63) is 66.2 Å². The lowest BCUT2D eigenvalue weighted by molar-refractivity contribution is 0.0840. The van der Waals surface area contributed by atoms with E-state index in [2.05, 4.69) is 0 Å². The minimum atomic E-state index is -1.93. The van der Waals surface area contributed by atoms with Gasteiger partial charge in [-0.3, -0.25) is 4.79 Å². The molecule has 0 radical (unpaired) electrons. The minimum absolute atomic E-state index is 0.401. The van der Waals surface area contributed by atoms with Gasteiger partial charge in [-0.25, -0.2) is 0 Å². The van der Waals surface area contributed by atoms with Crippen LogP contribution in [0.3, 0.4) is 0 Å². The lowest BCUT2D eigenvalue weighted by atomic mass is 10.1. The third-order valence-electron chi connectivity index (χ3n) is 2.29. The van der Waals surface area contributed by atoms with Gasteiger partial charge in [-0.2, -0.15) is 0 Å². The first-order chi connectivity index (χ1) is 8.59. The smallest absolute Gasteiger partial charge is 0.323 e. The first-order valence-electron chi connectivity index (χ1n) is 5.31. The summed E-state index contributed by atoms with van der Waals surface area (Å²) < 4.78 is 3.37. The Morgan fingerprint density at radius 3 is 1.94 bits per heavy atom. The number of halogens is 2. The third-order valence-corrected chi connectivity index (χ3v) is 2.79. The number of rotatable bonds is 4. The average molecular weight is 281 g/mol. The molecule has 0 unspecified atom stereocenters. The quantitative estimate of drug-likeness (QED) is 0.623. The number of ether oxygens (including phenoxy) is 1. The van der Waals surface area contributed by atoms with Gasteiger partial charge in [0, 0.05) is 5.56 Å². The molecular formula is C14H10Cl2O2. The van der Waals surface area contributed by atoms with Crippen molar-refractivity contribution in [3.8, 4) is 5.75 Å². The van der Waals surface area contributed by atoms with Gasteiger partial charge in [-0.15, -0.1) is 0 Å². The highest BCUT2D eigenvalue weighted by molar-refractivity contribution is 6.58. The van der Waals surface area contributed by atoms with Crippen molar-refractivity contribution in [3.63, 3.8) is 0 Å². The molecule has 0 bridgehead atoms. The van der Waals surface area contributed by atoms with E-state index >= 15 is 0 Å². The highest BCUT2D eigenvalue weighted by Crippen LogP contribution is 2.29. The van der Waals surface area contributed by atoms with Gasteiger partial charge in [0.05, 0.1) is 0 Å². The van der Waals surface area contributed by atoms with E-state index in [9.17, 15) is 4.79 Å². The number of ketones is 1. The molecule has 2 aromatic rings. The van der Waals surface area contributed by atoms with Crippen LogP contribution in [0.15, 0.2) is 60.7 Å². The van der Waals surface area contributed by atoms with Crippen molar-refractivity contribution in [2.45, 2.75) is 4.52 Å². The topological polar surface area (TPSA) is 26.3 Å². The molecular weight excluding hydrogens is 271 g/mol. The SMILES string of the molecule is O=C(c1ccccc1)C(Cl)(Cl)Oc1ccccc1. The summed E-state index contributed by atoms with van der Waals surface area (Å²) in [4.78, 5) is 12.1. The van der Waals surface area contributed by atoms with E-state index in [1.165, 1.54) is 0 Å². The lowest BCUT2D eigenvalue weighted by Crippen LogP contribution is -2.32. The number of hydrogen-bond donors (Lipinski definition) is 0. The predicted octanol–water partition coefficient (Wildman–Crippen LogP) is 4.08. The number of alkyl halides is 2. The molecule has 0 amide bonds. The Morgan fingerprint density at radius 1 is 0.889 bits per heavy atom. The molecule has 0 N–H and O–H groups in total. The third kappa shape index (κ3) is 3.03. The fourth-order valence-electron chi connectivity index (χ4n) is 1.44. The van der Waals surface area contributed by atoms with Crippen LogP contribution in [0.2, 0.25) is 0 Å². The van der Waals surface area contributed by atoms with Gasteiger partial charge in [0.1, 0.15) is 5.75 Å². The van der Waals surface area contributed by atoms with Gasteiger partial charge in [0.15, 0.2) is 0 Å². The first kappa shape index (κ1) is 12.9. The van der Waals surface area contributed by atoms with Crippen molar-refractivity contribution in [1.29, 1.82) is 0 Å². The van der Waals surface area contributed by atoms with E-state index in [-0.39, 0.29) is 0 Å². The molecule has 92 valence electrons. The zero-order valence-electron chi connectivity index (χ0n) is 9.35. The van der Waals surface area contributed by atoms with E-state index in [4.69, 9.17) is 27.9 Å². The predicted molar refractivity (Wildman–Crippen MR) is 72.3 cm³/mol. The molecule has 4 heteroatoms. The second-order valence-corrected chi connectivity index (χ2v) is 4.89. The second kappa shape index (κ2) is 5.42. The van der Waals surface area contributed by atoms with Crippen molar-refractivity contribution in [1.82, 2.24) is 0 Å². The summed E-state index contributed by atoms with van der Waals surface area (Å²) in [5.41, 5.74) is 0.401. The van der Waals surface area contributed by atoms with Crippen molar-refractivity contribution < 1.29 is 9.53 Å². The summed E-state index contributed by atoms with van der Waals surface area (Å²) >= 11 is 11.9. The van der Waals surface area contributed by atoms with Gasteiger partial charge >= 0.3 is 4.52 Å². The fourth-order valence-corrected chi connectivity index (χ4v) is 1.84. The fraction of sp³-hybridized carbons (Fsp3) is 0.0714. The Bertz CT molecular complexity index is 524. The van der Waals surface area contributed by atoms with Crippen LogP contribution in [0.25, 0.3) is 0 Å². The molecule has 2 aromatic carbocycles. The molecule has 0 saturated heterocycles. The van der Waals surface area contributed by atoms with E-state index in [0.29, 0.717) is 11.3 Å². The van der Waals surface area contributed by atoms with Crippen LogP contribution < -0.4 is 4.74 Å². The summed E-state index contributed by atoms with van der Waals surface area (Å²) in [5.74, 6) is -0.0536. The van der Waals surface area contributed by atoms with Gasteiger partial charge in [0.25, 0.3) is 0 Å². The maximum atomic E-state index is 12.1. The van der Waals surface area contributed by atoms with Crippen LogP contribution in [0.4, 0.5) is 0 Å². The number of carbonyl (C=O) groups excluding carboxylic acids is 1. The number of Topliss-reactive ketones (excluding diaryl/α,β-unsaturated/α-hetero) is 1. The van der Waals surface area contributed by atoms with Crippen LogP contribution in [0.5, 0.6) is 5.75 Å². The molecule has 0 heterocycles. The highest BCUT2D eigenvalue weighted by Gasteiger charge is 2.37. The summed E-state index contributed by atoms with van der Waals surface area (Å²) in [6.45, 7) is 0. The van der Waals surface area contributed by atoms with Crippen LogP contribution in [0.1, 0.15) is 10.4 Å². The van der Waals surface area contributed by atoms with Crippen LogP contribution in [-0.2, 0) is 0 Å². The zero-order chi connectivity index (χ0) is 13.0. The Labute approximate surface area is 115 Å². The van der Waals surface area contributed by atoms with Crippen molar-refractivity contribution >= 4 is 29.0 Å². The molecule has 0 saturated carbocycles. The van der Waals surface area contributed by atoms with Gasteiger partial charge in [-0.1, -0.05) is 48.5 Å². The zero-order valence-corrected chi connectivity index (χ0v) is 10.9. The van der Waals surface area contributed by atoms with Gasteiger partial charge in [0.2, 0.25) is 5.78 Å². The van der Waals surface area contributed by atoms with E-state index in [1.54, 1.807) is 54.6 Å².